The molecule has 2 N–H and O–H groups in total. The third-order valence-electron chi connectivity index (χ3n) is 3.89. The fraction of sp³-hybridized carbons (Fsp3) is 0.235. The van der Waals surface area contributed by atoms with Crippen LogP contribution in [0.3, 0.4) is 0 Å². The van der Waals surface area contributed by atoms with Crippen LogP contribution in [0, 0.1) is 0 Å². The predicted octanol–water partition coefficient (Wildman–Crippen LogP) is 4.01. The molecular formula is C17H17ClN2O2. The second kappa shape index (κ2) is 5.54. The SMILES string of the molecule is CC(C)(C(=O)NCc1ccco1)c1c[nH]c2ccc(Cl)cc12. The molecule has 0 aliphatic rings. The third kappa shape index (κ3) is 2.62. The summed E-state index contributed by atoms with van der Waals surface area (Å²) >= 11 is 6.08. The predicted molar refractivity (Wildman–Crippen MR) is 86.9 cm³/mol. The van der Waals surface area contributed by atoms with Crippen molar-refractivity contribution in [2.75, 3.05) is 0 Å². The number of halogens is 1. The van der Waals surface area contributed by atoms with E-state index in [1.807, 2.05) is 44.3 Å². The number of rotatable bonds is 4. The fourth-order valence-electron chi connectivity index (χ4n) is 2.53. The van der Waals surface area contributed by atoms with Crippen molar-refractivity contribution in [2.24, 2.45) is 0 Å². The van der Waals surface area contributed by atoms with E-state index in [-0.39, 0.29) is 5.91 Å². The summed E-state index contributed by atoms with van der Waals surface area (Å²) in [6.07, 6.45) is 3.46. The summed E-state index contributed by atoms with van der Waals surface area (Å²) in [5.74, 6) is 0.663. The quantitative estimate of drug-likeness (QED) is 0.764. The zero-order valence-corrected chi connectivity index (χ0v) is 13.2. The molecule has 0 unspecified atom stereocenters. The number of aromatic nitrogens is 1. The number of carbonyl (C=O) groups excluding carboxylic acids is 1. The summed E-state index contributed by atoms with van der Waals surface area (Å²) in [6.45, 7) is 4.17. The maximum atomic E-state index is 12.6. The lowest BCUT2D eigenvalue weighted by Crippen LogP contribution is -2.39. The number of aromatic amines is 1. The Kier molecular flexibility index (Phi) is 3.71. The standard InChI is InChI=1S/C17H17ClN2O2/c1-17(2,16(21)20-9-12-4-3-7-22-12)14-10-19-15-6-5-11(18)8-13(14)15/h3-8,10,19H,9H2,1-2H3,(H,20,21). The maximum Gasteiger partial charge on any atom is 0.230 e. The number of hydrogen-bond acceptors (Lipinski definition) is 2. The number of fused-ring (bicyclic) bond motifs is 1. The molecule has 0 saturated heterocycles. The van der Waals surface area contributed by atoms with Gasteiger partial charge in [0.05, 0.1) is 18.2 Å². The molecule has 3 aromatic rings. The van der Waals surface area contributed by atoms with Gasteiger partial charge in [-0.05, 0) is 49.7 Å². The molecular weight excluding hydrogens is 300 g/mol. The van der Waals surface area contributed by atoms with Crippen LogP contribution in [-0.2, 0) is 16.8 Å². The summed E-state index contributed by atoms with van der Waals surface area (Å²) in [5.41, 5.74) is 1.20. The number of amides is 1. The van der Waals surface area contributed by atoms with E-state index in [1.54, 1.807) is 12.3 Å². The second-order valence-corrected chi connectivity index (χ2v) is 6.22. The molecule has 0 aliphatic carbocycles. The van der Waals surface area contributed by atoms with E-state index >= 15 is 0 Å². The van der Waals surface area contributed by atoms with Crippen molar-refractivity contribution in [3.05, 3.63) is 59.1 Å². The van der Waals surface area contributed by atoms with Crippen LogP contribution in [-0.4, -0.2) is 10.9 Å². The summed E-state index contributed by atoms with van der Waals surface area (Å²) in [5, 5.41) is 4.53. The zero-order chi connectivity index (χ0) is 15.7. The Balaban J connectivity index is 1.86. The van der Waals surface area contributed by atoms with Crippen molar-refractivity contribution in [3.63, 3.8) is 0 Å². The van der Waals surface area contributed by atoms with Crippen molar-refractivity contribution in [2.45, 2.75) is 25.8 Å². The van der Waals surface area contributed by atoms with E-state index in [2.05, 4.69) is 10.3 Å². The number of nitrogens with one attached hydrogen (secondary N) is 2. The number of H-pyrrole nitrogens is 1. The minimum Gasteiger partial charge on any atom is -0.467 e. The van der Waals surface area contributed by atoms with Crippen molar-refractivity contribution in [1.29, 1.82) is 0 Å². The first-order chi connectivity index (χ1) is 10.5. The van der Waals surface area contributed by atoms with Crippen LogP contribution >= 0.6 is 11.6 Å². The van der Waals surface area contributed by atoms with E-state index in [9.17, 15) is 4.79 Å². The molecule has 0 radical (unpaired) electrons. The van der Waals surface area contributed by atoms with Gasteiger partial charge < -0.3 is 14.7 Å². The third-order valence-corrected chi connectivity index (χ3v) is 4.12. The molecule has 0 atom stereocenters. The van der Waals surface area contributed by atoms with Crippen molar-refractivity contribution in [3.8, 4) is 0 Å². The van der Waals surface area contributed by atoms with Crippen LogP contribution in [0.1, 0.15) is 25.2 Å². The lowest BCUT2D eigenvalue weighted by atomic mass is 9.83. The van der Waals surface area contributed by atoms with Crippen molar-refractivity contribution < 1.29 is 9.21 Å². The van der Waals surface area contributed by atoms with E-state index in [0.29, 0.717) is 11.6 Å². The lowest BCUT2D eigenvalue weighted by molar-refractivity contribution is -0.125. The maximum absolute atomic E-state index is 12.6. The molecule has 4 nitrogen and oxygen atoms in total. The Bertz CT molecular complexity index is 803. The number of hydrogen-bond donors (Lipinski definition) is 2. The molecule has 1 amide bonds. The molecule has 1 aromatic carbocycles. The van der Waals surface area contributed by atoms with Gasteiger partial charge in [-0.15, -0.1) is 0 Å². The lowest BCUT2D eigenvalue weighted by Gasteiger charge is -2.23. The summed E-state index contributed by atoms with van der Waals surface area (Å²) in [6, 6.07) is 9.25. The van der Waals surface area contributed by atoms with Gasteiger partial charge in [-0.2, -0.15) is 0 Å². The molecule has 3 rings (SSSR count). The summed E-state index contributed by atoms with van der Waals surface area (Å²) in [7, 11) is 0. The Hall–Kier alpha value is -2.20. The highest BCUT2D eigenvalue weighted by Gasteiger charge is 2.32. The van der Waals surface area contributed by atoms with E-state index in [1.165, 1.54) is 0 Å². The first-order valence-electron chi connectivity index (χ1n) is 7.06. The first-order valence-corrected chi connectivity index (χ1v) is 7.44. The minimum absolute atomic E-state index is 0.0650. The van der Waals surface area contributed by atoms with Gasteiger partial charge in [0.1, 0.15) is 5.76 Å². The Morgan fingerprint density at radius 1 is 1.36 bits per heavy atom. The minimum atomic E-state index is -0.685. The Morgan fingerprint density at radius 2 is 2.18 bits per heavy atom. The molecule has 0 saturated carbocycles. The van der Waals surface area contributed by atoms with Crippen LogP contribution in [0.15, 0.2) is 47.2 Å². The summed E-state index contributed by atoms with van der Waals surface area (Å²) < 4.78 is 5.23. The van der Waals surface area contributed by atoms with Gasteiger partial charge in [0.15, 0.2) is 0 Å². The molecule has 2 aromatic heterocycles. The monoisotopic (exact) mass is 316 g/mol. The van der Waals surface area contributed by atoms with Gasteiger partial charge in [-0.3, -0.25) is 4.79 Å². The zero-order valence-electron chi connectivity index (χ0n) is 12.4. The molecule has 0 fully saturated rings. The number of benzene rings is 1. The van der Waals surface area contributed by atoms with Crippen molar-refractivity contribution in [1.82, 2.24) is 10.3 Å². The normalized spacial score (nSPS) is 11.8. The second-order valence-electron chi connectivity index (χ2n) is 5.78. The molecule has 22 heavy (non-hydrogen) atoms. The molecule has 5 heteroatoms. The van der Waals surface area contributed by atoms with Crippen LogP contribution < -0.4 is 5.32 Å². The Labute approximate surface area is 133 Å². The largest absolute Gasteiger partial charge is 0.467 e. The highest BCUT2D eigenvalue weighted by Crippen LogP contribution is 2.32. The van der Waals surface area contributed by atoms with Crippen LogP contribution in [0.25, 0.3) is 10.9 Å². The van der Waals surface area contributed by atoms with E-state index < -0.39 is 5.41 Å². The van der Waals surface area contributed by atoms with Crippen molar-refractivity contribution >= 4 is 28.4 Å². The molecule has 2 heterocycles. The molecule has 0 aliphatic heterocycles. The summed E-state index contributed by atoms with van der Waals surface area (Å²) in [4.78, 5) is 15.8. The van der Waals surface area contributed by atoms with Crippen LogP contribution in [0.4, 0.5) is 0 Å². The van der Waals surface area contributed by atoms with Gasteiger partial charge in [-0.1, -0.05) is 11.6 Å². The number of furan rings is 1. The van der Waals surface area contributed by atoms with Gasteiger partial charge in [0, 0.05) is 22.1 Å². The molecule has 114 valence electrons. The Morgan fingerprint density at radius 3 is 2.91 bits per heavy atom. The highest BCUT2D eigenvalue weighted by molar-refractivity contribution is 6.31. The van der Waals surface area contributed by atoms with Gasteiger partial charge in [0.2, 0.25) is 5.91 Å². The van der Waals surface area contributed by atoms with Gasteiger partial charge in [-0.25, -0.2) is 0 Å². The molecule has 0 spiro atoms. The van der Waals surface area contributed by atoms with Crippen LogP contribution in [0.2, 0.25) is 5.02 Å². The van der Waals surface area contributed by atoms with Gasteiger partial charge >= 0.3 is 0 Å². The molecule has 0 bridgehead atoms. The topological polar surface area (TPSA) is 58.0 Å². The average Bonchev–Trinajstić information content (AvgIpc) is 3.13. The first kappa shape index (κ1) is 14.7. The number of carbonyl (C=O) groups is 1. The van der Waals surface area contributed by atoms with Crippen LogP contribution in [0.5, 0.6) is 0 Å². The highest BCUT2D eigenvalue weighted by atomic mass is 35.5. The smallest absolute Gasteiger partial charge is 0.230 e. The van der Waals surface area contributed by atoms with E-state index in [0.717, 1.165) is 22.2 Å². The van der Waals surface area contributed by atoms with E-state index in [4.69, 9.17) is 16.0 Å². The average molecular weight is 317 g/mol. The fourth-order valence-corrected chi connectivity index (χ4v) is 2.71. The van der Waals surface area contributed by atoms with Gasteiger partial charge in [0.25, 0.3) is 0 Å².